The number of aryl methyl sites for hydroxylation is 2. The summed E-state index contributed by atoms with van der Waals surface area (Å²) in [5.41, 5.74) is 2.47. The number of carbonyl (C=O) groups excluding carboxylic acids is 1. The summed E-state index contributed by atoms with van der Waals surface area (Å²) in [6.45, 7) is 10.1. The maximum atomic E-state index is 12.2. The second-order valence-electron chi connectivity index (χ2n) is 10.4. The number of fused-ring (bicyclic) bond motifs is 1. The first kappa shape index (κ1) is 25.3. The lowest BCUT2D eigenvalue weighted by Gasteiger charge is -2.33. The Kier molecular flexibility index (Phi) is 8.63. The van der Waals surface area contributed by atoms with Gasteiger partial charge < -0.3 is 24.2 Å². The molecule has 1 aliphatic heterocycles. The van der Waals surface area contributed by atoms with Gasteiger partial charge in [-0.25, -0.2) is 4.79 Å². The molecule has 2 aromatic rings. The molecule has 1 aliphatic carbocycles. The van der Waals surface area contributed by atoms with E-state index >= 15 is 0 Å². The van der Waals surface area contributed by atoms with Crippen molar-refractivity contribution in [2.75, 3.05) is 33.8 Å². The molecule has 1 saturated carbocycles. The molecule has 0 atom stereocenters. The Balaban J connectivity index is 0.000000968. The van der Waals surface area contributed by atoms with Gasteiger partial charge in [-0.1, -0.05) is 5.16 Å². The summed E-state index contributed by atoms with van der Waals surface area (Å²) in [5, 5.41) is 8.20. The van der Waals surface area contributed by atoms with E-state index in [0.29, 0.717) is 5.92 Å². The zero-order chi connectivity index (χ0) is 24.0. The molecule has 0 spiro atoms. The Morgan fingerprint density at radius 2 is 1.82 bits per heavy atom. The van der Waals surface area contributed by atoms with Crippen LogP contribution in [0.15, 0.2) is 16.7 Å². The maximum absolute atomic E-state index is 12.2. The van der Waals surface area contributed by atoms with E-state index in [0.717, 1.165) is 79.3 Å². The van der Waals surface area contributed by atoms with Crippen molar-refractivity contribution in [1.29, 1.82) is 0 Å². The highest BCUT2D eigenvalue weighted by Gasteiger charge is 2.27. The van der Waals surface area contributed by atoms with E-state index in [1.54, 1.807) is 0 Å². The van der Waals surface area contributed by atoms with Crippen molar-refractivity contribution in [3.63, 3.8) is 0 Å². The minimum Gasteiger partial charge on any atom is -0.493 e. The van der Waals surface area contributed by atoms with Crippen LogP contribution in [0.25, 0.3) is 11.0 Å². The predicted molar refractivity (Wildman–Crippen MR) is 131 cm³/mol. The summed E-state index contributed by atoms with van der Waals surface area (Å²) in [7, 11) is 3.75. The smallest absolute Gasteiger partial charge is 0.410 e. The van der Waals surface area contributed by atoms with Crippen LogP contribution in [0.1, 0.15) is 64.1 Å². The van der Waals surface area contributed by atoms with Gasteiger partial charge in [0.05, 0.1) is 12.3 Å². The number of benzene rings is 1. The van der Waals surface area contributed by atoms with Gasteiger partial charge in [0, 0.05) is 24.0 Å². The summed E-state index contributed by atoms with van der Waals surface area (Å²) in [6.07, 6.45) is 6.34. The molecule has 2 aliphatic rings. The molecule has 1 amide bonds. The lowest BCUT2D eigenvalue weighted by molar-refractivity contribution is 0.0181. The van der Waals surface area contributed by atoms with E-state index in [4.69, 9.17) is 14.0 Å². The summed E-state index contributed by atoms with van der Waals surface area (Å²) in [5.74, 6) is 2.23. The Morgan fingerprint density at radius 1 is 1.15 bits per heavy atom. The zero-order valence-electron chi connectivity index (χ0n) is 21.2. The van der Waals surface area contributed by atoms with Crippen molar-refractivity contribution in [1.82, 2.24) is 15.4 Å². The van der Waals surface area contributed by atoms with Crippen molar-refractivity contribution < 1.29 is 18.8 Å². The Bertz CT molecular complexity index is 906. The minimum absolute atomic E-state index is 0.196. The van der Waals surface area contributed by atoms with Crippen LogP contribution in [-0.4, -0.2) is 55.5 Å². The average Bonchev–Trinajstić information content (AvgIpc) is 3.49. The Morgan fingerprint density at radius 3 is 2.42 bits per heavy atom. The number of hydrogen-bond acceptors (Lipinski definition) is 6. The van der Waals surface area contributed by atoms with Gasteiger partial charge in [0.2, 0.25) is 0 Å². The van der Waals surface area contributed by atoms with Crippen molar-refractivity contribution in [2.24, 2.45) is 11.8 Å². The molecule has 0 unspecified atom stereocenters. The third kappa shape index (κ3) is 7.36. The topological polar surface area (TPSA) is 76.8 Å². The van der Waals surface area contributed by atoms with Crippen LogP contribution in [0.2, 0.25) is 0 Å². The quantitative estimate of drug-likeness (QED) is 0.628. The number of nitrogens with one attached hydrogen (secondary N) is 1. The van der Waals surface area contributed by atoms with Gasteiger partial charge >= 0.3 is 6.09 Å². The van der Waals surface area contributed by atoms with E-state index < -0.39 is 5.60 Å². The molecule has 1 saturated heterocycles. The monoisotopic (exact) mass is 459 g/mol. The van der Waals surface area contributed by atoms with Crippen molar-refractivity contribution >= 4 is 17.1 Å². The van der Waals surface area contributed by atoms with Crippen molar-refractivity contribution in [2.45, 2.75) is 71.8 Å². The lowest BCUT2D eigenvalue weighted by atomic mass is 9.91. The number of hydrogen-bond donors (Lipinski definition) is 1. The number of likely N-dealkylation sites (tertiary alicyclic amines) is 1. The van der Waals surface area contributed by atoms with Gasteiger partial charge in [-0.2, -0.15) is 0 Å². The first-order valence-electron chi connectivity index (χ1n) is 12.3. The third-order valence-electron chi connectivity index (χ3n) is 6.14. The van der Waals surface area contributed by atoms with Gasteiger partial charge in [-0.15, -0.1) is 0 Å². The fraction of sp³-hybridized carbons (Fsp3) is 0.692. The van der Waals surface area contributed by atoms with Crippen LogP contribution in [0.3, 0.4) is 0 Å². The highest BCUT2D eigenvalue weighted by atomic mass is 16.6. The molecule has 2 heterocycles. The van der Waals surface area contributed by atoms with Gasteiger partial charge in [-0.05, 0) is 104 Å². The Labute approximate surface area is 198 Å². The largest absolute Gasteiger partial charge is 0.493 e. The van der Waals surface area contributed by atoms with Crippen molar-refractivity contribution in [3.8, 4) is 5.75 Å². The summed E-state index contributed by atoms with van der Waals surface area (Å²) in [4.78, 5) is 14.1. The summed E-state index contributed by atoms with van der Waals surface area (Å²) in [6, 6.07) is 4.14. The van der Waals surface area contributed by atoms with E-state index in [1.165, 1.54) is 12.8 Å². The average molecular weight is 460 g/mol. The zero-order valence-corrected chi connectivity index (χ0v) is 21.2. The van der Waals surface area contributed by atoms with Crippen LogP contribution in [0.5, 0.6) is 5.75 Å². The number of ether oxygens (including phenoxy) is 2. The minimum atomic E-state index is -0.442. The number of aromatic nitrogens is 1. The number of rotatable bonds is 6. The highest BCUT2D eigenvalue weighted by molar-refractivity contribution is 5.84. The van der Waals surface area contributed by atoms with Crippen molar-refractivity contribution in [3.05, 3.63) is 23.4 Å². The Hall–Kier alpha value is -2.28. The molecular formula is C26H41N3O4. The van der Waals surface area contributed by atoms with Gasteiger partial charge in [0.15, 0.2) is 5.58 Å². The second kappa shape index (κ2) is 11.2. The molecule has 2 fully saturated rings. The molecule has 0 radical (unpaired) electrons. The van der Waals surface area contributed by atoms with Gasteiger partial charge in [-0.3, -0.25) is 0 Å². The third-order valence-corrected chi connectivity index (χ3v) is 6.14. The first-order valence-corrected chi connectivity index (χ1v) is 12.3. The highest BCUT2D eigenvalue weighted by Crippen LogP contribution is 2.34. The molecule has 7 nitrogen and oxygen atoms in total. The van der Waals surface area contributed by atoms with E-state index in [2.05, 4.69) is 22.6 Å². The standard InChI is InChI=1S/C24H34N2O4.C2H7N/c1-16-21(28-15-18-5-6-18)10-8-19-20(25-30-22(16)19)9-7-17-11-13-26(14-12-17)23(27)29-24(2,3)4;1-3-2/h8,10,17-18H,5-7,9,11-15H2,1-4H3;3H,1-2H3. The molecule has 1 aromatic carbocycles. The van der Waals surface area contributed by atoms with Gasteiger partial charge in [0.25, 0.3) is 0 Å². The first-order chi connectivity index (χ1) is 15.7. The number of amides is 1. The van der Waals surface area contributed by atoms with E-state index in [-0.39, 0.29) is 6.09 Å². The van der Waals surface area contributed by atoms with Crippen LogP contribution in [-0.2, 0) is 11.2 Å². The number of nitrogens with zero attached hydrogens (tertiary/aromatic N) is 2. The molecular weight excluding hydrogens is 418 g/mol. The fourth-order valence-electron chi connectivity index (χ4n) is 4.07. The molecule has 7 heteroatoms. The molecule has 1 N–H and O–H groups in total. The van der Waals surface area contributed by atoms with Crippen LogP contribution >= 0.6 is 0 Å². The van der Waals surface area contributed by atoms with Crippen LogP contribution < -0.4 is 10.1 Å². The van der Waals surface area contributed by atoms with Crippen LogP contribution in [0, 0.1) is 18.8 Å². The predicted octanol–water partition coefficient (Wildman–Crippen LogP) is 5.34. The van der Waals surface area contributed by atoms with E-state index in [1.807, 2.05) is 46.7 Å². The summed E-state index contributed by atoms with van der Waals surface area (Å²) < 4.78 is 17.1. The molecule has 33 heavy (non-hydrogen) atoms. The lowest BCUT2D eigenvalue weighted by Crippen LogP contribution is -2.41. The number of carbonyl (C=O) groups is 1. The normalized spacial score (nSPS) is 17.0. The maximum Gasteiger partial charge on any atom is 0.410 e. The summed E-state index contributed by atoms with van der Waals surface area (Å²) >= 11 is 0. The molecule has 184 valence electrons. The molecule has 0 bridgehead atoms. The van der Waals surface area contributed by atoms with E-state index in [9.17, 15) is 4.79 Å². The fourth-order valence-corrected chi connectivity index (χ4v) is 4.07. The van der Waals surface area contributed by atoms with Gasteiger partial charge in [0.1, 0.15) is 11.4 Å². The second-order valence-corrected chi connectivity index (χ2v) is 10.4. The van der Waals surface area contributed by atoms with Crippen LogP contribution in [0.4, 0.5) is 4.79 Å². The SMILES string of the molecule is CNC.Cc1c(OCC2CC2)ccc2c(CCC3CCN(C(=O)OC(C)(C)C)CC3)noc12. The molecule has 4 rings (SSSR count). The molecule has 1 aromatic heterocycles. The number of piperidine rings is 1.